The van der Waals surface area contributed by atoms with Crippen LogP contribution in [0.25, 0.3) is 0 Å². The van der Waals surface area contributed by atoms with E-state index < -0.39 is 0 Å². The number of hydrogen-bond acceptors (Lipinski definition) is 3. The fourth-order valence-electron chi connectivity index (χ4n) is 1.76. The first kappa shape index (κ1) is 13.0. The normalized spacial score (nSPS) is 10.6. The summed E-state index contributed by atoms with van der Waals surface area (Å²) < 4.78 is 2.83. The highest BCUT2D eigenvalue weighted by atomic mass is 79.9. The van der Waals surface area contributed by atoms with Gasteiger partial charge in [-0.25, -0.2) is 4.98 Å². The zero-order valence-corrected chi connectivity index (χ0v) is 11.7. The van der Waals surface area contributed by atoms with Crippen molar-refractivity contribution in [3.63, 3.8) is 0 Å². The van der Waals surface area contributed by atoms with Crippen molar-refractivity contribution in [2.24, 2.45) is 0 Å². The number of carbonyl (C=O) groups is 1. The van der Waals surface area contributed by atoms with E-state index in [0.29, 0.717) is 12.0 Å². The Balaban J connectivity index is 2.14. The van der Waals surface area contributed by atoms with Gasteiger partial charge in [-0.05, 0) is 28.4 Å². The van der Waals surface area contributed by atoms with Crippen LogP contribution in [-0.2, 0) is 13.0 Å². The summed E-state index contributed by atoms with van der Waals surface area (Å²) in [5.41, 5.74) is 0.607. The first-order chi connectivity index (χ1) is 8.70. The molecule has 0 saturated heterocycles. The second kappa shape index (κ2) is 5.91. The summed E-state index contributed by atoms with van der Waals surface area (Å²) in [6.45, 7) is 2.99. The summed E-state index contributed by atoms with van der Waals surface area (Å²) in [6.07, 6.45) is 8.22. The molecule has 0 amide bonds. The number of carbonyl (C=O) groups excluding carboxylic acids is 1. The predicted octanol–water partition coefficient (Wildman–Crippen LogP) is 2.88. The molecular weight excluding hydrogens is 294 g/mol. The fourth-order valence-corrected chi connectivity index (χ4v) is 2.13. The Morgan fingerprint density at radius 2 is 2.28 bits per heavy atom. The van der Waals surface area contributed by atoms with Crippen LogP contribution in [0.15, 0.2) is 35.3 Å². The largest absolute Gasteiger partial charge is 0.335 e. The first-order valence-electron chi connectivity index (χ1n) is 5.84. The topological polar surface area (TPSA) is 47.8 Å². The number of rotatable bonds is 5. The van der Waals surface area contributed by atoms with E-state index in [9.17, 15) is 4.79 Å². The molecule has 0 N–H and O–H groups in total. The number of aryl methyl sites for hydroxylation is 1. The molecule has 0 radical (unpaired) electrons. The Labute approximate surface area is 114 Å². The van der Waals surface area contributed by atoms with Gasteiger partial charge in [0.1, 0.15) is 5.82 Å². The van der Waals surface area contributed by atoms with E-state index in [1.54, 1.807) is 24.7 Å². The van der Waals surface area contributed by atoms with Crippen LogP contribution in [0.1, 0.15) is 29.5 Å². The van der Waals surface area contributed by atoms with E-state index in [0.717, 1.165) is 23.3 Å². The molecule has 94 valence electrons. The zero-order valence-electron chi connectivity index (χ0n) is 10.1. The molecule has 2 aromatic rings. The molecule has 0 spiro atoms. The van der Waals surface area contributed by atoms with Gasteiger partial charge in [0.25, 0.3) is 0 Å². The van der Waals surface area contributed by atoms with Crippen LogP contribution in [0, 0.1) is 0 Å². The third-order valence-corrected chi connectivity index (χ3v) is 3.05. The van der Waals surface area contributed by atoms with Gasteiger partial charge in [-0.2, -0.15) is 0 Å². The maximum atomic E-state index is 12.1. The monoisotopic (exact) mass is 307 g/mol. The highest BCUT2D eigenvalue weighted by Gasteiger charge is 2.11. The summed E-state index contributed by atoms with van der Waals surface area (Å²) in [5, 5.41) is 0. The van der Waals surface area contributed by atoms with E-state index in [1.165, 1.54) is 0 Å². The van der Waals surface area contributed by atoms with Crippen molar-refractivity contribution < 1.29 is 4.79 Å². The van der Waals surface area contributed by atoms with Crippen molar-refractivity contribution in [2.75, 3.05) is 0 Å². The Bertz CT molecular complexity index is 551. The maximum Gasteiger partial charge on any atom is 0.171 e. The van der Waals surface area contributed by atoms with Crippen LogP contribution in [-0.4, -0.2) is 20.3 Å². The number of nitrogens with zero attached hydrogens (tertiary/aromatic N) is 3. The van der Waals surface area contributed by atoms with Crippen LogP contribution in [0.4, 0.5) is 0 Å². The molecule has 0 aliphatic heterocycles. The summed E-state index contributed by atoms with van der Waals surface area (Å²) in [4.78, 5) is 20.3. The van der Waals surface area contributed by atoms with Crippen LogP contribution < -0.4 is 0 Å². The minimum absolute atomic E-state index is 0.0346. The number of halogens is 1. The van der Waals surface area contributed by atoms with E-state index >= 15 is 0 Å². The molecule has 0 atom stereocenters. The quantitative estimate of drug-likeness (QED) is 0.798. The van der Waals surface area contributed by atoms with E-state index in [1.807, 2.05) is 10.8 Å². The van der Waals surface area contributed by atoms with Gasteiger partial charge in [-0.3, -0.25) is 9.78 Å². The average molecular weight is 308 g/mol. The minimum Gasteiger partial charge on any atom is -0.335 e. The lowest BCUT2D eigenvalue weighted by Gasteiger charge is -2.05. The third-order valence-electron chi connectivity index (χ3n) is 2.61. The average Bonchev–Trinajstić information content (AvgIpc) is 2.77. The molecule has 5 heteroatoms. The van der Waals surface area contributed by atoms with Crippen molar-refractivity contribution in [2.45, 2.75) is 26.3 Å². The van der Waals surface area contributed by atoms with Crippen molar-refractivity contribution in [3.8, 4) is 0 Å². The fraction of sp³-hybridized carbons (Fsp3) is 0.308. The Morgan fingerprint density at radius 3 is 3.00 bits per heavy atom. The van der Waals surface area contributed by atoms with Crippen LogP contribution in [0.5, 0.6) is 0 Å². The molecule has 0 fully saturated rings. The summed E-state index contributed by atoms with van der Waals surface area (Å²) in [5.74, 6) is 0.842. The zero-order chi connectivity index (χ0) is 13.0. The molecule has 2 heterocycles. The number of imidazole rings is 1. The lowest BCUT2D eigenvalue weighted by Crippen LogP contribution is -2.10. The lowest BCUT2D eigenvalue weighted by molar-refractivity contribution is 0.0989. The van der Waals surface area contributed by atoms with Crippen LogP contribution in [0.3, 0.4) is 0 Å². The van der Waals surface area contributed by atoms with Gasteiger partial charge in [-0.1, -0.05) is 6.92 Å². The molecule has 4 nitrogen and oxygen atoms in total. The minimum atomic E-state index is 0.0346. The van der Waals surface area contributed by atoms with Gasteiger partial charge >= 0.3 is 0 Å². The molecule has 0 unspecified atom stereocenters. The molecule has 18 heavy (non-hydrogen) atoms. The second-order valence-electron chi connectivity index (χ2n) is 4.03. The number of Topliss-reactive ketones (excluding diaryl/α,β-unsaturated/α-hetero) is 1. The summed E-state index contributed by atoms with van der Waals surface area (Å²) >= 11 is 3.31. The molecule has 0 bridgehead atoms. The van der Waals surface area contributed by atoms with Crippen molar-refractivity contribution >= 4 is 21.7 Å². The van der Waals surface area contributed by atoms with Crippen LogP contribution >= 0.6 is 15.9 Å². The highest BCUT2D eigenvalue weighted by molar-refractivity contribution is 9.10. The van der Waals surface area contributed by atoms with Gasteiger partial charge < -0.3 is 4.57 Å². The van der Waals surface area contributed by atoms with E-state index in [4.69, 9.17) is 0 Å². The Kier molecular flexibility index (Phi) is 4.25. The smallest absolute Gasteiger partial charge is 0.171 e. The first-order valence-corrected chi connectivity index (χ1v) is 6.63. The van der Waals surface area contributed by atoms with Gasteiger partial charge in [0.15, 0.2) is 5.78 Å². The van der Waals surface area contributed by atoms with Crippen molar-refractivity contribution in [3.05, 3.63) is 46.7 Å². The third kappa shape index (κ3) is 3.04. The molecule has 2 aromatic heterocycles. The number of hydrogen-bond donors (Lipinski definition) is 0. The molecule has 0 aliphatic carbocycles. The van der Waals surface area contributed by atoms with E-state index in [2.05, 4.69) is 32.8 Å². The Hall–Kier alpha value is -1.49. The molecular formula is C13H14BrN3O. The van der Waals surface area contributed by atoms with Gasteiger partial charge in [0.2, 0.25) is 0 Å². The molecule has 0 aromatic carbocycles. The number of pyridine rings is 1. The molecule has 2 rings (SSSR count). The number of aromatic nitrogens is 3. The molecule has 0 saturated carbocycles. The van der Waals surface area contributed by atoms with Crippen molar-refractivity contribution in [1.82, 2.24) is 14.5 Å². The van der Waals surface area contributed by atoms with Crippen molar-refractivity contribution in [1.29, 1.82) is 0 Å². The standard InChI is InChI=1S/C13H14BrN3O/c1-2-4-17-5-3-16-13(17)7-12(18)10-6-11(14)9-15-8-10/h3,5-6,8-9H,2,4,7H2,1H3. The SMILES string of the molecule is CCCn1ccnc1CC(=O)c1cncc(Br)c1. The Morgan fingerprint density at radius 1 is 1.44 bits per heavy atom. The highest BCUT2D eigenvalue weighted by Crippen LogP contribution is 2.12. The van der Waals surface area contributed by atoms with Gasteiger partial charge in [0.05, 0.1) is 6.42 Å². The maximum absolute atomic E-state index is 12.1. The summed E-state index contributed by atoms with van der Waals surface area (Å²) in [6, 6.07) is 1.78. The lowest BCUT2D eigenvalue weighted by atomic mass is 10.1. The van der Waals surface area contributed by atoms with Gasteiger partial charge in [0, 0.05) is 41.4 Å². The van der Waals surface area contributed by atoms with Gasteiger partial charge in [-0.15, -0.1) is 0 Å². The molecule has 0 aliphatic rings. The second-order valence-corrected chi connectivity index (χ2v) is 4.94. The van der Waals surface area contributed by atoms with E-state index in [-0.39, 0.29) is 5.78 Å². The number of ketones is 1. The summed E-state index contributed by atoms with van der Waals surface area (Å²) in [7, 11) is 0. The predicted molar refractivity (Wildman–Crippen MR) is 72.5 cm³/mol. The van der Waals surface area contributed by atoms with Crippen LogP contribution in [0.2, 0.25) is 0 Å².